The number of benzene rings is 2. The number of rotatable bonds is 5. The average Bonchev–Trinajstić information content (AvgIpc) is 2.68. The van der Waals surface area contributed by atoms with Crippen LogP contribution in [0.5, 0.6) is 0 Å². The van der Waals surface area contributed by atoms with Crippen molar-refractivity contribution in [3.8, 4) is 0 Å². The summed E-state index contributed by atoms with van der Waals surface area (Å²) in [5, 5.41) is 0. The van der Waals surface area contributed by atoms with E-state index in [1.165, 1.54) is 10.5 Å². The molecule has 4 heteroatoms. The van der Waals surface area contributed by atoms with Gasteiger partial charge < -0.3 is 4.90 Å². The predicted octanol–water partition coefficient (Wildman–Crippen LogP) is 3.77. The van der Waals surface area contributed by atoms with Crippen LogP contribution in [0.4, 0.5) is 0 Å². The number of hydrogen-bond acceptors (Lipinski definition) is 3. The molecule has 1 aliphatic rings. The highest BCUT2D eigenvalue weighted by molar-refractivity contribution is 7.98. The molecule has 0 saturated carbocycles. The van der Waals surface area contributed by atoms with E-state index in [-0.39, 0.29) is 5.91 Å². The van der Waals surface area contributed by atoms with Crippen LogP contribution in [0.15, 0.2) is 65.6 Å². The van der Waals surface area contributed by atoms with Crippen LogP contribution >= 0.6 is 11.8 Å². The minimum atomic E-state index is 0.105. The van der Waals surface area contributed by atoms with E-state index in [1.807, 2.05) is 29.2 Å². The molecule has 0 unspecified atom stereocenters. The number of carbonyl (C=O) groups excluding carboxylic acids is 1. The van der Waals surface area contributed by atoms with Gasteiger partial charge in [-0.25, -0.2) is 0 Å². The molecule has 1 amide bonds. The van der Waals surface area contributed by atoms with E-state index < -0.39 is 0 Å². The van der Waals surface area contributed by atoms with Gasteiger partial charge in [0, 0.05) is 43.7 Å². The number of nitrogens with zero attached hydrogens (tertiary/aromatic N) is 2. The standard InChI is InChI=1S/C21H24N2OS/c1-25-20-10-7-18(8-11-20)9-12-21(24)23-15-13-22(14-16-23)17-19-5-3-2-4-6-19/h2-12H,13-17H2,1H3/b12-9+. The first kappa shape index (κ1) is 17.8. The van der Waals surface area contributed by atoms with Gasteiger partial charge in [0.2, 0.25) is 5.91 Å². The van der Waals surface area contributed by atoms with Crippen LogP contribution in [-0.2, 0) is 11.3 Å². The second-order valence-corrected chi connectivity index (χ2v) is 7.07. The van der Waals surface area contributed by atoms with Crippen molar-refractivity contribution in [2.24, 2.45) is 0 Å². The lowest BCUT2D eigenvalue weighted by molar-refractivity contribution is -0.127. The molecule has 0 atom stereocenters. The van der Waals surface area contributed by atoms with E-state index in [9.17, 15) is 4.79 Å². The Hall–Kier alpha value is -2.04. The van der Waals surface area contributed by atoms with Crippen LogP contribution < -0.4 is 0 Å². The zero-order chi connectivity index (χ0) is 17.5. The maximum atomic E-state index is 12.4. The van der Waals surface area contributed by atoms with Crippen molar-refractivity contribution in [3.63, 3.8) is 0 Å². The fraction of sp³-hybridized carbons (Fsp3) is 0.286. The Bertz CT molecular complexity index is 704. The van der Waals surface area contributed by atoms with E-state index in [1.54, 1.807) is 17.8 Å². The van der Waals surface area contributed by atoms with Gasteiger partial charge in [0.25, 0.3) is 0 Å². The fourth-order valence-corrected chi connectivity index (χ4v) is 3.36. The third-order valence-corrected chi connectivity index (χ3v) is 5.21. The van der Waals surface area contributed by atoms with Gasteiger partial charge in [-0.15, -0.1) is 11.8 Å². The lowest BCUT2D eigenvalue weighted by Gasteiger charge is -2.34. The minimum Gasteiger partial charge on any atom is -0.337 e. The molecule has 25 heavy (non-hydrogen) atoms. The Morgan fingerprint density at radius 3 is 2.32 bits per heavy atom. The number of hydrogen-bond donors (Lipinski definition) is 0. The molecule has 1 saturated heterocycles. The first-order valence-electron chi connectivity index (χ1n) is 8.62. The first-order valence-corrected chi connectivity index (χ1v) is 9.84. The molecule has 0 radical (unpaired) electrons. The van der Waals surface area contributed by atoms with Crippen molar-refractivity contribution >= 4 is 23.7 Å². The molecule has 2 aromatic carbocycles. The third-order valence-electron chi connectivity index (χ3n) is 4.47. The van der Waals surface area contributed by atoms with Gasteiger partial charge in [0.05, 0.1) is 0 Å². The maximum Gasteiger partial charge on any atom is 0.246 e. The Kier molecular flexibility index (Phi) is 6.31. The van der Waals surface area contributed by atoms with E-state index >= 15 is 0 Å². The maximum absolute atomic E-state index is 12.4. The summed E-state index contributed by atoms with van der Waals surface area (Å²) < 4.78 is 0. The lowest BCUT2D eigenvalue weighted by atomic mass is 10.2. The molecule has 3 nitrogen and oxygen atoms in total. The summed E-state index contributed by atoms with van der Waals surface area (Å²) in [4.78, 5) is 18.0. The van der Waals surface area contributed by atoms with Crippen LogP contribution in [-0.4, -0.2) is 48.1 Å². The van der Waals surface area contributed by atoms with Gasteiger partial charge in [-0.05, 0) is 35.6 Å². The molecule has 1 fully saturated rings. The van der Waals surface area contributed by atoms with Gasteiger partial charge in [-0.2, -0.15) is 0 Å². The van der Waals surface area contributed by atoms with Crippen molar-refractivity contribution in [2.45, 2.75) is 11.4 Å². The largest absolute Gasteiger partial charge is 0.337 e. The monoisotopic (exact) mass is 352 g/mol. The predicted molar refractivity (Wildman–Crippen MR) is 106 cm³/mol. The summed E-state index contributed by atoms with van der Waals surface area (Å²) in [5.41, 5.74) is 2.39. The van der Waals surface area contributed by atoms with Crippen molar-refractivity contribution in [3.05, 3.63) is 71.8 Å². The van der Waals surface area contributed by atoms with E-state index in [4.69, 9.17) is 0 Å². The number of thioether (sulfide) groups is 1. The second kappa shape index (κ2) is 8.88. The molecule has 0 bridgehead atoms. The zero-order valence-electron chi connectivity index (χ0n) is 14.6. The Balaban J connectivity index is 1.48. The molecular formula is C21H24N2OS. The van der Waals surface area contributed by atoms with Crippen molar-refractivity contribution < 1.29 is 4.79 Å². The second-order valence-electron chi connectivity index (χ2n) is 6.19. The SMILES string of the molecule is CSc1ccc(/C=C/C(=O)N2CCN(Cc3ccccc3)CC2)cc1. The fourth-order valence-electron chi connectivity index (χ4n) is 2.96. The van der Waals surface area contributed by atoms with Crippen molar-refractivity contribution in [2.75, 3.05) is 32.4 Å². The Morgan fingerprint density at radius 2 is 1.68 bits per heavy atom. The van der Waals surface area contributed by atoms with Gasteiger partial charge >= 0.3 is 0 Å². The molecular weight excluding hydrogens is 328 g/mol. The van der Waals surface area contributed by atoms with Crippen molar-refractivity contribution in [1.82, 2.24) is 9.80 Å². The van der Waals surface area contributed by atoms with Crippen LogP contribution in [0, 0.1) is 0 Å². The minimum absolute atomic E-state index is 0.105. The summed E-state index contributed by atoms with van der Waals surface area (Å²) in [6.45, 7) is 4.40. The summed E-state index contributed by atoms with van der Waals surface area (Å²) in [6, 6.07) is 18.8. The van der Waals surface area contributed by atoms with E-state index in [0.29, 0.717) is 0 Å². The summed E-state index contributed by atoms with van der Waals surface area (Å²) in [6.07, 6.45) is 5.66. The van der Waals surface area contributed by atoms with Gasteiger partial charge in [-0.3, -0.25) is 9.69 Å². The molecule has 3 rings (SSSR count). The summed E-state index contributed by atoms with van der Waals surface area (Å²) in [7, 11) is 0. The highest BCUT2D eigenvalue weighted by atomic mass is 32.2. The third kappa shape index (κ3) is 5.21. The number of carbonyl (C=O) groups is 1. The molecule has 0 aromatic heterocycles. The average molecular weight is 353 g/mol. The van der Waals surface area contributed by atoms with Crippen LogP contribution in [0.3, 0.4) is 0 Å². The van der Waals surface area contributed by atoms with E-state index in [2.05, 4.69) is 47.6 Å². The molecule has 0 aliphatic carbocycles. The molecule has 130 valence electrons. The molecule has 1 heterocycles. The van der Waals surface area contributed by atoms with Gasteiger partial charge in [-0.1, -0.05) is 42.5 Å². The number of piperazine rings is 1. The molecule has 2 aromatic rings. The van der Waals surface area contributed by atoms with Crippen molar-refractivity contribution in [1.29, 1.82) is 0 Å². The Labute approximate surface area is 154 Å². The summed E-state index contributed by atoms with van der Waals surface area (Å²) in [5.74, 6) is 0.105. The topological polar surface area (TPSA) is 23.6 Å². The van der Waals surface area contributed by atoms with Crippen LogP contribution in [0.2, 0.25) is 0 Å². The van der Waals surface area contributed by atoms with Gasteiger partial charge in [0.15, 0.2) is 0 Å². The van der Waals surface area contributed by atoms with Crippen LogP contribution in [0.25, 0.3) is 6.08 Å². The quantitative estimate of drug-likeness (QED) is 0.605. The van der Waals surface area contributed by atoms with Gasteiger partial charge in [0.1, 0.15) is 0 Å². The zero-order valence-corrected chi connectivity index (χ0v) is 15.4. The molecule has 0 N–H and O–H groups in total. The summed E-state index contributed by atoms with van der Waals surface area (Å²) >= 11 is 1.72. The van der Waals surface area contributed by atoms with E-state index in [0.717, 1.165) is 38.3 Å². The highest BCUT2D eigenvalue weighted by Gasteiger charge is 2.19. The highest BCUT2D eigenvalue weighted by Crippen LogP contribution is 2.16. The Morgan fingerprint density at radius 1 is 1.00 bits per heavy atom. The normalized spacial score (nSPS) is 15.6. The smallest absolute Gasteiger partial charge is 0.246 e. The van der Waals surface area contributed by atoms with Crippen LogP contribution in [0.1, 0.15) is 11.1 Å². The first-order chi connectivity index (χ1) is 12.2. The number of amides is 1. The lowest BCUT2D eigenvalue weighted by Crippen LogP contribution is -2.47. The molecule has 0 spiro atoms. The molecule has 1 aliphatic heterocycles.